The quantitative estimate of drug-likeness (QED) is 0.820. The molecule has 0 heterocycles. The van der Waals surface area contributed by atoms with E-state index in [1.807, 2.05) is 30.3 Å². The predicted molar refractivity (Wildman–Crippen MR) is 90.2 cm³/mol. The van der Waals surface area contributed by atoms with E-state index in [4.69, 9.17) is 4.74 Å². The van der Waals surface area contributed by atoms with E-state index in [0.717, 1.165) is 5.56 Å². The summed E-state index contributed by atoms with van der Waals surface area (Å²) in [5, 5.41) is 13.0. The van der Waals surface area contributed by atoms with E-state index in [0.29, 0.717) is 17.5 Å². The highest BCUT2D eigenvalue weighted by Gasteiger charge is 2.18. The monoisotopic (exact) mass is 331 g/mol. The summed E-state index contributed by atoms with van der Waals surface area (Å²) in [6.45, 7) is 1.84. The lowest BCUT2D eigenvalue weighted by Gasteiger charge is -2.20. The average Bonchev–Trinajstić information content (AvgIpc) is 2.57. The molecule has 0 aliphatic heterocycles. The maximum atomic E-state index is 13.6. The lowest BCUT2D eigenvalue weighted by Crippen LogP contribution is -2.42. The van der Waals surface area contributed by atoms with Crippen LogP contribution < -0.4 is 5.32 Å². The van der Waals surface area contributed by atoms with E-state index in [-0.39, 0.29) is 12.5 Å². The number of methoxy groups -OCH3 is 1. The van der Waals surface area contributed by atoms with E-state index in [1.54, 1.807) is 6.92 Å². The smallest absolute Gasteiger partial charge is 0.251 e. The van der Waals surface area contributed by atoms with Crippen molar-refractivity contribution in [1.82, 2.24) is 5.32 Å². The molecule has 4 nitrogen and oxygen atoms in total. The van der Waals surface area contributed by atoms with Gasteiger partial charge < -0.3 is 15.2 Å². The summed E-state index contributed by atoms with van der Waals surface area (Å²) in [5.74, 6) is -0.766. The van der Waals surface area contributed by atoms with Crippen molar-refractivity contribution in [2.24, 2.45) is 0 Å². The van der Waals surface area contributed by atoms with Gasteiger partial charge >= 0.3 is 0 Å². The van der Waals surface area contributed by atoms with Gasteiger partial charge in [-0.15, -0.1) is 0 Å². The van der Waals surface area contributed by atoms with Gasteiger partial charge in [0.2, 0.25) is 0 Å². The minimum atomic E-state index is -0.713. The summed E-state index contributed by atoms with van der Waals surface area (Å²) >= 11 is 0. The molecule has 2 unspecified atom stereocenters. The van der Waals surface area contributed by atoms with Crippen LogP contribution in [0.3, 0.4) is 0 Å². The molecule has 0 bridgehead atoms. The predicted octanol–water partition coefficient (Wildman–Crippen LogP) is 2.69. The Morgan fingerprint density at radius 1 is 1.25 bits per heavy atom. The maximum Gasteiger partial charge on any atom is 0.251 e. The van der Waals surface area contributed by atoms with E-state index < -0.39 is 18.0 Å². The van der Waals surface area contributed by atoms with Crippen LogP contribution in [-0.4, -0.2) is 30.3 Å². The number of hydrogen-bond acceptors (Lipinski definition) is 3. The Hall–Kier alpha value is -2.24. The molecule has 24 heavy (non-hydrogen) atoms. The van der Waals surface area contributed by atoms with Crippen molar-refractivity contribution < 1.29 is 19.0 Å². The van der Waals surface area contributed by atoms with Crippen LogP contribution in [0.4, 0.5) is 4.39 Å². The number of carbonyl (C=O) groups excluding carboxylic acids is 1. The highest BCUT2D eigenvalue weighted by molar-refractivity contribution is 5.94. The molecule has 0 aromatic heterocycles. The van der Waals surface area contributed by atoms with E-state index in [2.05, 4.69) is 5.32 Å². The lowest BCUT2D eigenvalue weighted by atomic mass is 10.0. The Bertz CT molecular complexity index is 676. The Morgan fingerprint density at radius 3 is 2.62 bits per heavy atom. The van der Waals surface area contributed by atoms with Gasteiger partial charge in [0, 0.05) is 24.7 Å². The zero-order valence-corrected chi connectivity index (χ0v) is 13.8. The molecule has 0 aliphatic rings. The van der Waals surface area contributed by atoms with Crippen molar-refractivity contribution in [2.75, 3.05) is 7.11 Å². The second-order valence-corrected chi connectivity index (χ2v) is 5.76. The molecule has 2 rings (SSSR count). The van der Waals surface area contributed by atoms with E-state index >= 15 is 0 Å². The number of carbonyl (C=O) groups is 1. The average molecular weight is 331 g/mol. The summed E-state index contributed by atoms with van der Waals surface area (Å²) in [5.41, 5.74) is 1.65. The maximum absolute atomic E-state index is 13.6. The number of aliphatic hydroxyl groups excluding tert-OH is 1. The molecule has 0 aliphatic carbocycles. The van der Waals surface area contributed by atoms with Gasteiger partial charge in [0.15, 0.2) is 0 Å². The highest BCUT2D eigenvalue weighted by atomic mass is 19.1. The Labute approximate surface area is 141 Å². The Morgan fingerprint density at radius 2 is 1.96 bits per heavy atom. The summed E-state index contributed by atoms with van der Waals surface area (Å²) < 4.78 is 18.5. The fourth-order valence-corrected chi connectivity index (χ4v) is 2.40. The number of hydrogen-bond donors (Lipinski definition) is 2. The Kier molecular flexibility index (Phi) is 6.46. The van der Waals surface area contributed by atoms with Crippen molar-refractivity contribution in [2.45, 2.75) is 32.1 Å². The molecule has 0 saturated carbocycles. The van der Waals surface area contributed by atoms with Gasteiger partial charge in [-0.05, 0) is 30.7 Å². The van der Waals surface area contributed by atoms with Gasteiger partial charge in [-0.2, -0.15) is 0 Å². The van der Waals surface area contributed by atoms with Crippen LogP contribution in [0.15, 0.2) is 48.5 Å². The topological polar surface area (TPSA) is 58.6 Å². The minimum absolute atomic E-state index is 0.0964. The first-order valence-electron chi connectivity index (χ1n) is 7.81. The number of amides is 1. The molecular formula is C19H22FNO3. The second kappa shape index (κ2) is 8.57. The third-order valence-electron chi connectivity index (χ3n) is 3.83. The first-order chi connectivity index (χ1) is 11.5. The first-order valence-corrected chi connectivity index (χ1v) is 7.81. The van der Waals surface area contributed by atoms with Crippen LogP contribution in [0.25, 0.3) is 0 Å². The molecule has 1 amide bonds. The summed E-state index contributed by atoms with van der Waals surface area (Å²) in [7, 11) is 1.47. The summed E-state index contributed by atoms with van der Waals surface area (Å²) in [6.07, 6.45) is -0.268. The number of nitrogens with one attached hydrogen (secondary N) is 1. The number of rotatable bonds is 7. The van der Waals surface area contributed by atoms with Crippen LogP contribution in [0.2, 0.25) is 0 Å². The number of halogens is 1. The molecule has 2 aromatic carbocycles. The molecule has 5 heteroatoms. The van der Waals surface area contributed by atoms with Gasteiger partial charge in [-0.25, -0.2) is 4.39 Å². The normalized spacial score (nSPS) is 13.3. The van der Waals surface area contributed by atoms with Gasteiger partial charge in [-0.1, -0.05) is 30.3 Å². The lowest BCUT2D eigenvalue weighted by molar-refractivity contribution is 0.0851. The fraction of sp³-hybridized carbons (Fsp3) is 0.316. The van der Waals surface area contributed by atoms with Crippen LogP contribution in [0.5, 0.6) is 0 Å². The summed E-state index contributed by atoms with van der Waals surface area (Å²) in [4.78, 5) is 12.3. The van der Waals surface area contributed by atoms with Crippen LogP contribution in [-0.2, 0) is 17.8 Å². The van der Waals surface area contributed by atoms with Gasteiger partial charge in [0.05, 0.1) is 18.8 Å². The highest BCUT2D eigenvalue weighted by Crippen LogP contribution is 2.13. The van der Waals surface area contributed by atoms with Crippen molar-refractivity contribution in [3.63, 3.8) is 0 Å². The number of benzene rings is 2. The second-order valence-electron chi connectivity index (χ2n) is 5.76. The SMILES string of the molecule is COCc1cc(C(=O)NC(C)C(O)Cc2ccccc2)ccc1F. The van der Waals surface area contributed by atoms with Crippen molar-refractivity contribution >= 4 is 5.91 Å². The van der Waals surface area contributed by atoms with E-state index in [9.17, 15) is 14.3 Å². The molecule has 0 radical (unpaired) electrons. The molecule has 128 valence electrons. The van der Waals surface area contributed by atoms with Crippen LogP contribution in [0, 0.1) is 5.82 Å². The molecule has 0 spiro atoms. The zero-order valence-electron chi connectivity index (χ0n) is 13.8. The van der Waals surface area contributed by atoms with Crippen molar-refractivity contribution in [1.29, 1.82) is 0 Å². The number of aliphatic hydroxyl groups is 1. The van der Waals surface area contributed by atoms with Gasteiger partial charge in [-0.3, -0.25) is 4.79 Å². The Balaban J connectivity index is 1.99. The molecule has 2 N–H and O–H groups in total. The van der Waals surface area contributed by atoms with Crippen molar-refractivity contribution in [3.05, 3.63) is 71.0 Å². The molecule has 0 fully saturated rings. The number of ether oxygens (including phenoxy) is 1. The third kappa shape index (κ3) is 4.88. The van der Waals surface area contributed by atoms with Crippen molar-refractivity contribution in [3.8, 4) is 0 Å². The van der Waals surface area contributed by atoms with Crippen LogP contribution >= 0.6 is 0 Å². The van der Waals surface area contributed by atoms with Gasteiger partial charge in [0.25, 0.3) is 5.91 Å². The molecule has 2 aromatic rings. The molecular weight excluding hydrogens is 309 g/mol. The standard InChI is InChI=1S/C19H22FNO3/c1-13(18(22)10-14-6-4-3-5-7-14)21-19(23)15-8-9-17(20)16(11-15)12-24-2/h3-9,11,13,18,22H,10,12H2,1-2H3,(H,21,23). The minimum Gasteiger partial charge on any atom is -0.391 e. The van der Waals surface area contributed by atoms with Crippen LogP contribution in [0.1, 0.15) is 28.4 Å². The first kappa shape index (κ1) is 18.1. The summed E-state index contributed by atoms with van der Waals surface area (Å²) in [6, 6.07) is 13.3. The third-order valence-corrected chi connectivity index (χ3v) is 3.83. The molecule has 2 atom stereocenters. The zero-order chi connectivity index (χ0) is 17.5. The van der Waals surface area contributed by atoms with E-state index in [1.165, 1.54) is 25.3 Å². The van der Waals surface area contributed by atoms with Gasteiger partial charge in [0.1, 0.15) is 5.82 Å². The molecule has 0 saturated heterocycles. The largest absolute Gasteiger partial charge is 0.391 e. The fourth-order valence-electron chi connectivity index (χ4n) is 2.40.